The minimum Gasteiger partial charge on any atom is -0.240 e. The number of benzene rings is 2. The van der Waals surface area contributed by atoms with Crippen LogP contribution in [0.25, 0.3) is 16.8 Å². The van der Waals surface area contributed by atoms with Gasteiger partial charge in [-0.05, 0) is 55.0 Å². The van der Waals surface area contributed by atoms with Gasteiger partial charge in [-0.1, -0.05) is 55.8 Å². The number of aromatic nitrogens is 2. The predicted octanol–water partition coefficient (Wildman–Crippen LogP) is 5.67. The van der Waals surface area contributed by atoms with Crippen molar-refractivity contribution in [3.8, 4) is 16.8 Å². The highest BCUT2D eigenvalue weighted by Gasteiger charge is 2.13. The van der Waals surface area contributed by atoms with Crippen LogP contribution in [-0.2, 0) is 0 Å². The number of aryl methyl sites for hydroxylation is 2. The summed E-state index contributed by atoms with van der Waals surface area (Å²) in [4.78, 5) is 0. The molecule has 2 nitrogen and oxygen atoms in total. The molecule has 0 saturated heterocycles. The van der Waals surface area contributed by atoms with Crippen molar-refractivity contribution in [2.24, 2.45) is 0 Å². The van der Waals surface area contributed by atoms with E-state index < -0.39 is 0 Å². The normalized spacial score (nSPS) is 12.3. The number of hydrogen-bond donors (Lipinski definition) is 0. The molecule has 1 unspecified atom stereocenters. The maximum Gasteiger partial charge on any atom is 0.0686 e. The van der Waals surface area contributed by atoms with Crippen molar-refractivity contribution in [3.05, 3.63) is 71.5 Å². The number of rotatable bonds is 4. The monoisotopic (exact) mass is 304 g/mol. The van der Waals surface area contributed by atoms with Crippen molar-refractivity contribution in [3.63, 3.8) is 0 Å². The third-order valence-corrected chi connectivity index (χ3v) is 4.49. The van der Waals surface area contributed by atoms with Gasteiger partial charge in [0.1, 0.15) is 0 Å². The standard InChI is InChI=1S/C21H24N2/c1-5-16(3)20-10-9-19(18-8-6-7-15(2)13-18)14-21(20)23-12-11-17(4)22-23/h6-14,16H,5H2,1-4H3. The van der Waals surface area contributed by atoms with Gasteiger partial charge >= 0.3 is 0 Å². The highest BCUT2D eigenvalue weighted by Crippen LogP contribution is 2.30. The van der Waals surface area contributed by atoms with Gasteiger partial charge in [0.2, 0.25) is 0 Å². The van der Waals surface area contributed by atoms with Gasteiger partial charge in [-0.3, -0.25) is 0 Å². The fourth-order valence-electron chi connectivity index (χ4n) is 2.93. The van der Waals surface area contributed by atoms with Crippen LogP contribution < -0.4 is 0 Å². The van der Waals surface area contributed by atoms with Crippen molar-refractivity contribution in [1.82, 2.24) is 9.78 Å². The maximum absolute atomic E-state index is 4.63. The molecule has 0 fully saturated rings. The number of hydrogen-bond acceptors (Lipinski definition) is 1. The summed E-state index contributed by atoms with van der Waals surface area (Å²) in [7, 11) is 0. The van der Waals surface area contributed by atoms with Crippen LogP contribution in [0, 0.1) is 13.8 Å². The topological polar surface area (TPSA) is 17.8 Å². The molecule has 0 aliphatic carbocycles. The van der Waals surface area contributed by atoms with E-state index in [9.17, 15) is 0 Å². The summed E-state index contributed by atoms with van der Waals surface area (Å²) < 4.78 is 2.01. The summed E-state index contributed by atoms with van der Waals surface area (Å²) in [6.45, 7) is 8.68. The fraction of sp³-hybridized carbons (Fsp3) is 0.286. The van der Waals surface area contributed by atoms with E-state index in [1.807, 2.05) is 11.6 Å². The molecule has 2 aromatic carbocycles. The van der Waals surface area contributed by atoms with Crippen molar-refractivity contribution in [2.75, 3.05) is 0 Å². The first-order valence-corrected chi connectivity index (χ1v) is 8.32. The van der Waals surface area contributed by atoms with Gasteiger partial charge in [0.25, 0.3) is 0 Å². The Balaban J connectivity index is 2.15. The summed E-state index contributed by atoms with van der Waals surface area (Å²) >= 11 is 0. The lowest BCUT2D eigenvalue weighted by Gasteiger charge is -2.17. The Labute approximate surface area is 138 Å². The van der Waals surface area contributed by atoms with Gasteiger partial charge < -0.3 is 0 Å². The quantitative estimate of drug-likeness (QED) is 0.607. The first kappa shape index (κ1) is 15.5. The van der Waals surface area contributed by atoms with E-state index in [2.05, 4.69) is 80.6 Å². The van der Waals surface area contributed by atoms with E-state index in [-0.39, 0.29) is 0 Å². The Morgan fingerprint density at radius 3 is 2.43 bits per heavy atom. The third-order valence-electron chi connectivity index (χ3n) is 4.49. The average molecular weight is 304 g/mol. The van der Waals surface area contributed by atoms with E-state index in [0.29, 0.717) is 5.92 Å². The van der Waals surface area contributed by atoms with E-state index in [0.717, 1.165) is 12.1 Å². The average Bonchev–Trinajstić information content (AvgIpc) is 3.00. The van der Waals surface area contributed by atoms with Crippen LogP contribution in [0.1, 0.15) is 43.0 Å². The Morgan fingerprint density at radius 2 is 1.78 bits per heavy atom. The molecule has 0 aliphatic heterocycles. The second kappa shape index (κ2) is 6.41. The van der Waals surface area contributed by atoms with Crippen LogP contribution in [0.2, 0.25) is 0 Å². The molecule has 1 atom stereocenters. The molecule has 3 aromatic rings. The van der Waals surface area contributed by atoms with E-state index in [1.165, 1.54) is 27.9 Å². The zero-order valence-electron chi connectivity index (χ0n) is 14.4. The summed E-state index contributed by atoms with van der Waals surface area (Å²) in [5.41, 5.74) is 7.36. The minimum absolute atomic E-state index is 0.515. The Hall–Kier alpha value is -2.35. The highest BCUT2D eigenvalue weighted by molar-refractivity contribution is 5.68. The van der Waals surface area contributed by atoms with Crippen LogP contribution in [-0.4, -0.2) is 9.78 Å². The molecule has 0 saturated carbocycles. The van der Waals surface area contributed by atoms with Gasteiger partial charge in [0.05, 0.1) is 11.4 Å². The molecule has 0 N–H and O–H groups in total. The molecule has 23 heavy (non-hydrogen) atoms. The molecule has 0 bridgehead atoms. The molecule has 0 aliphatic rings. The highest BCUT2D eigenvalue weighted by atomic mass is 15.3. The summed E-state index contributed by atoms with van der Waals surface area (Å²) in [6.07, 6.45) is 3.17. The minimum atomic E-state index is 0.515. The second-order valence-electron chi connectivity index (χ2n) is 6.35. The van der Waals surface area contributed by atoms with Crippen LogP contribution in [0.3, 0.4) is 0 Å². The van der Waals surface area contributed by atoms with E-state index in [1.54, 1.807) is 0 Å². The first-order valence-electron chi connectivity index (χ1n) is 8.32. The molecule has 1 aromatic heterocycles. The SMILES string of the molecule is CCC(C)c1ccc(-c2cccc(C)c2)cc1-n1ccc(C)n1. The Bertz CT molecular complexity index is 814. The second-order valence-corrected chi connectivity index (χ2v) is 6.35. The zero-order chi connectivity index (χ0) is 16.4. The zero-order valence-corrected chi connectivity index (χ0v) is 14.4. The third kappa shape index (κ3) is 3.21. The molecule has 3 rings (SSSR count). The maximum atomic E-state index is 4.63. The lowest BCUT2D eigenvalue weighted by molar-refractivity contribution is 0.716. The van der Waals surface area contributed by atoms with Gasteiger partial charge in [0.15, 0.2) is 0 Å². The summed E-state index contributed by atoms with van der Waals surface area (Å²) in [5, 5.41) is 4.63. The van der Waals surface area contributed by atoms with Gasteiger partial charge in [-0.2, -0.15) is 5.10 Å². The predicted molar refractivity (Wildman–Crippen MR) is 97.2 cm³/mol. The van der Waals surface area contributed by atoms with Crippen molar-refractivity contribution in [2.45, 2.75) is 40.0 Å². The van der Waals surface area contributed by atoms with E-state index >= 15 is 0 Å². The summed E-state index contributed by atoms with van der Waals surface area (Å²) in [6, 6.07) is 17.5. The van der Waals surface area contributed by atoms with Crippen LogP contribution >= 0.6 is 0 Å². The van der Waals surface area contributed by atoms with Crippen molar-refractivity contribution in [1.29, 1.82) is 0 Å². The van der Waals surface area contributed by atoms with E-state index in [4.69, 9.17) is 0 Å². The molecular weight excluding hydrogens is 280 g/mol. The molecule has 0 spiro atoms. The Kier molecular flexibility index (Phi) is 4.33. The molecule has 1 heterocycles. The van der Waals surface area contributed by atoms with Crippen molar-refractivity contribution >= 4 is 0 Å². The van der Waals surface area contributed by atoms with Gasteiger partial charge in [-0.25, -0.2) is 4.68 Å². The lowest BCUT2D eigenvalue weighted by Crippen LogP contribution is -2.04. The first-order chi connectivity index (χ1) is 11.1. The van der Waals surface area contributed by atoms with Crippen LogP contribution in [0.15, 0.2) is 54.7 Å². The van der Waals surface area contributed by atoms with Gasteiger partial charge in [0, 0.05) is 6.20 Å². The largest absolute Gasteiger partial charge is 0.240 e. The molecule has 2 heteroatoms. The molecule has 0 amide bonds. The number of nitrogens with zero attached hydrogens (tertiary/aromatic N) is 2. The van der Waals surface area contributed by atoms with Gasteiger partial charge in [-0.15, -0.1) is 0 Å². The molecular formula is C21H24N2. The lowest BCUT2D eigenvalue weighted by atomic mass is 9.93. The van der Waals surface area contributed by atoms with Crippen LogP contribution in [0.4, 0.5) is 0 Å². The molecule has 118 valence electrons. The molecule has 0 radical (unpaired) electrons. The fourth-order valence-corrected chi connectivity index (χ4v) is 2.93. The smallest absolute Gasteiger partial charge is 0.0686 e. The summed E-state index contributed by atoms with van der Waals surface area (Å²) in [5.74, 6) is 0.515. The van der Waals surface area contributed by atoms with Crippen LogP contribution in [0.5, 0.6) is 0 Å². The van der Waals surface area contributed by atoms with Crippen molar-refractivity contribution < 1.29 is 0 Å². The Morgan fingerprint density at radius 1 is 1.00 bits per heavy atom.